The maximum atomic E-state index is 3.71. The molecular formula is C9H15Br. The first-order valence-corrected chi connectivity index (χ1v) is 4.12. The molecule has 0 bridgehead atoms. The monoisotopic (exact) mass is 202 g/mol. The van der Waals surface area contributed by atoms with Crippen molar-refractivity contribution in [2.45, 2.75) is 20.8 Å². The number of hydrogen-bond donors (Lipinski definition) is 0. The fraction of sp³-hybridized carbons (Fsp3) is 0.333. The van der Waals surface area contributed by atoms with E-state index in [-0.39, 0.29) is 0 Å². The largest absolute Gasteiger partial charge is 0.0990 e. The van der Waals surface area contributed by atoms with Crippen molar-refractivity contribution in [3.05, 3.63) is 35.4 Å². The third kappa shape index (κ3) is 7.70. The van der Waals surface area contributed by atoms with Crippen LogP contribution in [0.15, 0.2) is 35.4 Å². The molecule has 0 aromatic rings. The molecule has 1 heteroatoms. The van der Waals surface area contributed by atoms with Crippen molar-refractivity contribution in [3.8, 4) is 0 Å². The minimum atomic E-state index is 1.01. The molecule has 0 unspecified atom stereocenters. The molecule has 0 nitrogen and oxygen atoms in total. The van der Waals surface area contributed by atoms with Crippen molar-refractivity contribution in [1.29, 1.82) is 0 Å². The van der Waals surface area contributed by atoms with E-state index in [0.29, 0.717) is 0 Å². The third-order valence-electron chi connectivity index (χ3n) is 0.672. The fourth-order valence-electron chi connectivity index (χ4n) is 0.246. The summed E-state index contributed by atoms with van der Waals surface area (Å²) in [6, 6.07) is 0. The Labute approximate surface area is 72.5 Å². The molecule has 10 heavy (non-hydrogen) atoms. The molecule has 0 aromatic heterocycles. The van der Waals surface area contributed by atoms with Crippen molar-refractivity contribution in [3.63, 3.8) is 0 Å². The van der Waals surface area contributed by atoms with E-state index in [1.165, 1.54) is 0 Å². The Kier molecular flexibility index (Phi) is 10.8. The Morgan fingerprint density at radius 1 is 1.40 bits per heavy atom. The van der Waals surface area contributed by atoms with Crippen LogP contribution < -0.4 is 0 Å². The van der Waals surface area contributed by atoms with Crippen molar-refractivity contribution >= 4 is 15.9 Å². The van der Waals surface area contributed by atoms with Crippen molar-refractivity contribution in [1.82, 2.24) is 0 Å². The van der Waals surface area contributed by atoms with Crippen LogP contribution in [0, 0.1) is 0 Å². The molecule has 0 spiro atoms. The van der Waals surface area contributed by atoms with Gasteiger partial charge in [0.05, 0.1) is 0 Å². The second-order valence-electron chi connectivity index (χ2n) is 1.53. The second kappa shape index (κ2) is 8.70. The van der Waals surface area contributed by atoms with Crippen LogP contribution in [0.3, 0.4) is 0 Å². The zero-order valence-corrected chi connectivity index (χ0v) is 8.53. The Bertz CT molecular complexity index is 132. The van der Waals surface area contributed by atoms with Gasteiger partial charge in [-0.05, 0) is 18.6 Å². The van der Waals surface area contributed by atoms with Gasteiger partial charge in [0, 0.05) is 4.48 Å². The molecule has 0 aliphatic heterocycles. The van der Waals surface area contributed by atoms with Gasteiger partial charge >= 0.3 is 0 Å². The average molecular weight is 203 g/mol. The minimum Gasteiger partial charge on any atom is -0.0990 e. The van der Waals surface area contributed by atoms with Crippen LogP contribution in [-0.2, 0) is 0 Å². The Morgan fingerprint density at radius 3 is 1.90 bits per heavy atom. The molecule has 0 fully saturated rings. The molecule has 0 N–H and O–H groups in total. The van der Waals surface area contributed by atoms with E-state index >= 15 is 0 Å². The Hall–Kier alpha value is -0.300. The summed E-state index contributed by atoms with van der Waals surface area (Å²) >= 11 is 3.29. The predicted molar refractivity (Wildman–Crippen MR) is 53.4 cm³/mol. The number of halogens is 1. The summed E-state index contributed by atoms with van der Waals surface area (Å²) in [5, 5.41) is 0. The average Bonchev–Trinajstić information content (AvgIpc) is 1.93. The highest BCUT2D eigenvalue weighted by molar-refractivity contribution is 9.12. The summed E-state index contributed by atoms with van der Waals surface area (Å²) in [6.07, 6.45) is 3.58. The van der Waals surface area contributed by atoms with Crippen LogP contribution in [0.2, 0.25) is 0 Å². The third-order valence-corrected chi connectivity index (χ3v) is 1.61. The van der Waals surface area contributed by atoms with Gasteiger partial charge in [-0.1, -0.05) is 49.0 Å². The van der Waals surface area contributed by atoms with Crippen molar-refractivity contribution in [2.24, 2.45) is 0 Å². The van der Waals surface area contributed by atoms with Crippen LogP contribution in [-0.4, -0.2) is 0 Å². The van der Waals surface area contributed by atoms with E-state index in [1.807, 2.05) is 26.8 Å². The van der Waals surface area contributed by atoms with Crippen LogP contribution in [0.5, 0.6) is 0 Å². The summed E-state index contributed by atoms with van der Waals surface area (Å²) in [7, 11) is 0. The quantitative estimate of drug-likeness (QED) is 0.594. The molecule has 0 aliphatic carbocycles. The number of hydrogen-bond acceptors (Lipinski definition) is 0. The lowest BCUT2D eigenvalue weighted by molar-refractivity contribution is 1.50. The topological polar surface area (TPSA) is 0 Å². The zero-order chi connectivity index (χ0) is 8.57. The summed E-state index contributed by atoms with van der Waals surface area (Å²) < 4.78 is 1.01. The molecule has 0 saturated carbocycles. The molecular weight excluding hydrogens is 188 g/mol. The first-order chi connectivity index (χ1) is 4.68. The van der Waals surface area contributed by atoms with Crippen LogP contribution >= 0.6 is 15.9 Å². The Morgan fingerprint density at radius 2 is 1.80 bits per heavy atom. The van der Waals surface area contributed by atoms with E-state index in [0.717, 1.165) is 10.1 Å². The molecule has 0 aromatic carbocycles. The highest BCUT2D eigenvalue weighted by Gasteiger charge is 1.85. The van der Waals surface area contributed by atoms with E-state index < -0.39 is 0 Å². The van der Waals surface area contributed by atoms with Crippen LogP contribution in [0.25, 0.3) is 0 Å². The van der Waals surface area contributed by atoms with E-state index in [2.05, 4.69) is 29.1 Å². The second-order valence-corrected chi connectivity index (χ2v) is 2.38. The van der Waals surface area contributed by atoms with Crippen LogP contribution in [0.1, 0.15) is 20.8 Å². The van der Waals surface area contributed by atoms with E-state index in [1.54, 1.807) is 6.08 Å². The van der Waals surface area contributed by atoms with Gasteiger partial charge in [-0.3, -0.25) is 0 Å². The number of rotatable bonds is 2. The molecule has 0 heterocycles. The van der Waals surface area contributed by atoms with Crippen LogP contribution in [0.4, 0.5) is 0 Å². The maximum Gasteiger partial charge on any atom is 0.0198 e. The highest BCUT2D eigenvalue weighted by atomic mass is 79.9. The molecule has 0 saturated heterocycles. The summed E-state index contributed by atoms with van der Waals surface area (Å²) in [6.45, 7) is 13.2. The summed E-state index contributed by atoms with van der Waals surface area (Å²) in [5.41, 5.74) is 1.02. The van der Waals surface area contributed by atoms with Gasteiger partial charge in [0.1, 0.15) is 0 Å². The SMILES string of the molecule is C=C/C=C(/Br)C(=C)C.CC. The summed E-state index contributed by atoms with van der Waals surface area (Å²) in [5.74, 6) is 0. The van der Waals surface area contributed by atoms with Gasteiger partial charge in [-0.25, -0.2) is 0 Å². The fourth-order valence-corrected chi connectivity index (χ4v) is 0.433. The first kappa shape index (κ1) is 12.4. The van der Waals surface area contributed by atoms with Gasteiger partial charge in [0.25, 0.3) is 0 Å². The van der Waals surface area contributed by atoms with E-state index in [4.69, 9.17) is 0 Å². The van der Waals surface area contributed by atoms with Gasteiger partial charge < -0.3 is 0 Å². The first-order valence-electron chi connectivity index (χ1n) is 3.32. The lowest BCUT2D eigenvalue weighted by atomic mass is 10.3. The van der Waals surface area contributed by atoms with Crippen molar-refractivity contribution < 1.29 is 0 Å². The normalized spacial score (nSPS) is 9.40. The Balaban J connectivity index is 0. The smallest absolute Gasteiger partial charge is 0.0198 e. The summed E-state index contributed by atoms with van der Waals surface area (Å²) in [4.78, 5) is 0. The van der Waals surface area contributed by atoms with Gasteiger partial charge in [-0.2, -0.15) is 0 Å². The van der Waals surface area contributed by atoms with Gasteiger partial charge in [0.2, 0.25) is 0 Å². The lowest BCUT2D eigenvalue weighted by Crippen LogP contribution is -1.67. The van der Waals surface area contributed by atoms with Crippen molar-refractivity contribution in [2.75, 3.05) is 0 Å². The molecule has 58 valence electrons. The molecule has 0 aliphatic rings. The van der Waals surface area contributed by atoms with Gasteiger partial charge in [0.15, 0.2) is 0 Å². The zero-order valence-electron chi connectivity index (χ0n) is 6.95. The molecule has 0 atom stereocenters. The minimum absolute atomic E-state index is 1.01. The molecule has 0 radical (unpaired) electrons. The molecule has 0 rings (SSSR count). The lowest BCUT2D eigenvalue weighted by Gasteiger charge is -1.90. The highest BCUT2D eigenvalue weighted by Crippen LogP contribution is 2.13. The maximum absolute atomic E-state index is 3.71. The predicted octanol–water partition coefficient (Wildman–Crippen LogP) is 4.05. The van der Waals surface area contributed by atoms with Gasteiger partial charge in [-0.15, -0.1) is 0 Å². The standard InChI is InChI=1S/C7H9Br.C2H6/c1-4-5-7(8)6(2)3;1-2/h4-5H,1-2H2,3H3;1-2H3/b7-5+;. The van der Waals surface area contributed by atoms with E-state index in [9.17, 15) is 0 Å². The number of allylic oxidation sites excluding steroid dienone is 4. The molecule has 0 amide bonds.